The third-order valence-electron chi connectivity index (χ3n) is 4.21. The van der Waals surface area contributed by atoms with Gasteiger partial charge in [0.15, 0.2) is 6.10 Å². The van der Waals surface area contributed by atoms with Crippen LogP contribution in [-0.2, 0) is 4.74 Å². The molecule has 0 unspecified atom stereocenters. The molecule has 0 bridgehead atoms. The Kier molecular flexibility index (Phi) is 4.89. The van der Waals surface area contributed by atoms with Gasteiger partial charge in [-0.1, -0.05) is 18.2 Å². The summed E-state index contributed by atoms with van der Waals surface area (Å²) in [5.74, 6) is -1.18. The molecule has 2 N–H and O–H groups in total. The third kappa shape index (κ3) is 3.50. The Morgan fingerprint density at radius 1 is 1.19 bits per heavy atom. The van der Waals surface area contributed by atoms with Gasteiger partial charge in [0.05, 0.1) is 10.5 Å². The molecule has 0 aliphatic carbocycles. The highest BCUT2D eigenvalue weighted by Gasteiger charge is 2.25. The third-order valence-corrected chi connectivity index (χ3v) is 4.21. The van der Waals surface area contributed by atoms with Crippen molar-refractivity contribution in [2.45, 2.75) is 13.0 Å². The Hall–Kier alpha value is -3.68. The normalized spacial score (nSPS) is 11.8. The number of anilines is 1. The molecule has 3 aromatic rings. The van der Waals surface area contributed by atoms with Gasteiger partial charge in [0, 0.05) is 47.5 Å². The molecule has 0 fully saturated rings. The number of nitro groups is 1. The van der Waals surface area contributed by atoms with Crippen molar-refractivity contribution in [2.24, 2.45) is 0 Å². The smallest absolute Gasteiger partial charge is 0.341 e. The van der Waals surface area contributed by atoms with E-state index in [1.165, 1.54) is 19.1 Å². The molecule has 27 heavy (non-hydrogen) atoms. The highest BCUT2D eigenvalue weighted by atomic mass is 16.6. The molecule has 0 spiro atoms. The summed E-state index contributed by atoms with van der Waals surface area (Å²) in [6.45, 7) is 1.47. The van der Waals surface area contributed by atoms with Gasteiger partial charge in [0.1, 0.15) is 0 Å². The molecule has 0 saturated carbocycles. The number of nitro benzene ring substituents is 1. The molecule has 0 aliphatic rings. The number of non-ortho nitro benzene ring substituents is 1. The second-order valence-electron chi connectivity index (χ2n) is 5.90. The highest BCUT2D eigenvalue weighted by molar-refractivity contribution is 6.10. The van der Waals surface area contributed by atoms with Crippen LogP contribution in [0.5, 0.6) is 0 Å². The number of carbonyl (C=O) groups is 2. The number of rotatable bonds is 6. The number of nitrogens with zero attached hydrogens (tertiary/aromatic N) is 1. The molecule has 3 rings (SSSR count). The van der Waals surface area contributed by atoms with E-state index < -0.39 is 17.0 Å². The molecule has 1 aromatic heterocycles. The first kappa shape index (κ1) is 18.1. The summed E-state index contributed by atoms with van der Waals surface area (Å²) in [5, 5.41) is 14.5. The van der Waals surface area contributed by atoms with Crippen LogP contribution in [0.2, 0.25) is 0 Å². The maximum absolute atomic E-state index is 12.7. The molecule has 1 atom stereocenters. The maximum atomic E-state index is 12.7. The van der Waals surface area contributed by atoms with Gasteiger partial charge in [-0.25, -0.2) is 4.79 Å². The van der Waals surface area contributed by atoms with Crippen LogP contribution in [-0.4, -0.2) is 34.8 Å². The molecule has 0 aliphatic heterocycles. The SMILES string of the molecule is CNc1ccc([N+](=O)[O-])cc1C(=O)O[C@@H](C)C(=O)c1c[nH]c2ccccc12. The number of nitrogens with one attached hydrogen (secondary N) is 2. The fourth-order valence-electron chi connectivity index (χ4n) is 2.80. The van der Waals surface area contributed by atoms with E-state index in [4.69, 9.17) is 4.74 Å². The Labute approximate surface area is 154 Å². The van der Waals surface area contributed by atoms with E-state index in [0.29, 0.717) is 11.3 Å². The Bertz CT molecular complexity index is 1040. The number of benzene rings is 2. The lowest BCUT2D eigenvalue weighted by Crippen LogP contribution is -2.24. The number of aromatic nitrogens is 1. The second-order valence-corrected chi connectivity index (χ2v) is 5.90. The number of para-hydroxylation sites is 1. The lowest BCUT2D eigenvalue weighted by atomic mass is 10.1. The standard InChI is InChI=1S/C19H17N3O5/c1-11(18(23)15-10-21-17-6-4-3-5-13(15)17)27-19(24)14-9-12(22(25)26)7-8-16(14)20-2/h3-11,20-21H,1-2H3/t11-/m0/s1. The van der Waals surface area contributed by atoms with E-state index in [0.717, 1.165) is 17.0 Å². The average Bonchev–Trinajstić information content (AvgIpc) is 3.10. The van der Waals surface area contributed by atoms with E-state index in [9.17, 15) is 19.7 Å². The molecule has 0 radical (unpaired) electrons. The predicted molar refractivity (Wildman–Crippen MR) is 100 cm³/mol. The van der Waals surface area contributed by atoms with Crippen molar-refractivity contribution in [1.29, 1.82) is 0 Å². The molecular formula is C19H17N3O5. The average molecular weight is 367 g/mol. The van der Waals surface area contributed by atoms with Crippen LogP contribution in [0.3, 0.4) is 0 Å². The van der Waals surface area contributed by atoms with Crippen LogP contribution in [0.25, 0.3) is 10.9 Å². The first-order valence-electron chi connectivity index (χ1n) is 8.20. The second kappa shape index (κ2) is 7.28. The summed E-state index contributed by atoms with van der Waals surface area (Å²) >= 11 is 0. The molecule has 138 valence electrons. The zero-order valence-corrected chi connectivity index (χ0v) is 14.7. The monoisotopic (exact) mass is 367 g/mol. The van der Waals surface area contributed by atoms with Crippen molar-refractivity contribution in [1.82, 2.24) is 4.98 Å². The number of H-pyrrole nitrogens is 1. The number of hydrogen-bond acceptors (Lipinski definition) is 6. The zero-order valence-electron chi connectivity index (χ0n) is 14.7. The van der Waals surface area contributed by atoms with Crippen molar-refractivity contribution < 1.29 is 19.2 Å². The number of Topliss-reactive ketones (excluding diaryl/α,β-unsaturated/α-hetero) is 1. The fraction of sp³-hybridized carbons (Fsp3) is 0.158. The largest absolute Gasteiger partial charge is 0.451 e. The van der Waals surface area contributed by atoms with Crippen molar-refractivity contribution in [3.8, 4) is 0 Å². The lowest BCUT2D eigenvalue weighted by Gasteiger charge is -2.14. The van der Waals surface area contributed by atoms with Crippen LogP contribution in [0.4, 0.5) is 11.4 Å². The number of carbonyl (C=O) groups excluding carboxylic acids is 2. The number of fused-ring (bicyclic) bond motifs is 1. The topological polar surface area (TPSA) is 114 Å². The van der Waals surface area contributed by atoms with E-state index in [2.05, 4.69) is 10.3 Å². The summed E-state index contributed by atoms with van der Waals surface area (Å²) in [5.41, 5.74) is 1.34. The van der Waals surface area contributed by atoms with Gasteiger partial charge in [-0.15, -0.1) is 0 Å². The van der Waals surface area contributed by atoms with Crippen molar-refractivity contribution >= 4 is 34.0 Å². The summed E-state index contributed by atoms with van der Waals surface area (Å²) in [4.78, 5) is 38.6. The summed E-state index contributed by atoms with van der Waals surface area (Å²) < 4.78 is 5.28. The number of hydrogen-bond donors (Lipinski definition) is 2. The van der Waals surface area contributed by atoms with Gasteiger partial charge >= 0.3 is 5.97 Å². The zero-order chi connectivity index (χ0) is 19.6. The van der Waals surface area contributed by atoms with Crippen molar-refractivity contribution in [3.63, 3.8) is 0 Å². The molecule has 2 aromatic carbocycles. The highest BCUT2D eigenvalue weighted by Crippen LogP contribution is 2.24. The minimum Gasteiger partial charge on any atom is -0.451 e. The predicted octanol–water partition coefficient (Wildman–Crippen LogP) is 3.55. The molecular weight excluding hydrogens is 350 g/mol. The Morgan fingerprint density at radius 2 is 1.93 bits per heavy atom. The number of ether oxygens (including phenoxy) is 1. The van der Waals surface area contributed by atoms with E-state index >= 15 is 0 Å². The van der Waals surface area contributed by atoms with Crippen molar-refractivity contribution in [2.75, 3.05) is 12.4 Å². The van der Waals surface area contributed by atoms with Crippen LogP contribution in [0.15, 0.2) is 48.7 Å². The molecule has 0 amide bonds. The van der Waals surface area contributed by atoms with E-state index in [1.807, 2.05) is 18.2 Å². The fourth-order valence-corrected chi connectivity index (χ4v) is 2.80. The van der Waals surface area contributed by atoms with Crippen molar-refractivity contribution in [3.05, 3.63) is 69.9 Å². The summed E-state index contributed by atoms with van der Waals surface area (Å²) in [7, 11) is 1.58. The van der Waals surface area contributed by atoms with E-state index in [1.54, 1.807) is 19.3 Å². The number of esters is 1. The van der Waals surface area contributed by atoms with Crippen LogP contribution in [0, 0.1) is 10.1 Å². The van der Waals surface area contributed by atoms with Crippen LogP contribution >= 0.6 is 0 Å². The van der Waals surface area contributed by atoms with Gasteiger partial charge in [0.2, 0.25) is 5.78 Å². The van der Waals surface area contributed by atoms with Gasteiger partial charge in [-0.05, 0) is 19.1 Å². The van der Waals surface area contributed by atoms with Gasteiger partial charge in [-0.2, -0.15) is 0 Å². The minimum absolute atomic E-state index is 0.00900. The molecule has 8 heteroatoms. The number of aromatic amines is 1. The lowest BCUT2D eigenvalue weighted by molar-refractivity contribution is -0.384. The first-order chi connectivity index (χ1) is 12.9. The van der Waals surface area contributed by atoms with Gasteiger partial charge < -0.3 is 15.0 Å². The molecule has 8 nitrogen and oxygen atoms in total. The quantitative estimate of drug-likeness (QED) is 0.298. The maximum Gasteiger partial charge on any atom is 0.341 e. The Morgan fingerprint density at radius 3 is 2.63 bits per heavy atom. The van der Waals surface area contributed by atoms with Gasteiger partial charge in [-0.3, -0.25) is 14.9 Å². The minimum atomic E-state index is -1.05. The Balaban J connectivity index is 1.84. The molecule has 0 saturated heterocycles. The number of ketones is 1. The van der Waals surface area contributed by atoms with Crippen LogP contribution < -0.4 is 5.32 Å². The van der Waals surface area contributed by atoms with Gasteiger partial charge in [0.25, 0.3) is 5.69 Å². The van der Waals surface area contributed by atoms with E-state index in [-0.39, 0.29) is 17.0 Å². The summed E-state index contributed by atoms with van der Waals surface area (Å²) in [6, 6.07) is 11.1. The summed E-state index contributed by atoms with van der Waals surface area (Å²) in [6.07, 6.45) is 0.518. The van der Waals surface area contributed by atoms with Crippen LogP contribution in [0.1, 0.15) is 27.6 Å². The first-order valence-corrected chi connectivity index (χ1v) is 8.20. The molecule has 1 heterocycles.